The number of nitrogens with zero attached hydrogens (tertiary/aromatic N) is 6. The molecule has 0 bridgehead atoms. The first-order valence-corrected chi connectivity index (χ1v) is 5.27. The van der Waals surface area contributed by atoms with E-state index in [2.05, 4.69) is 42.9 Å². The van der Waals surface area contributed by atoms with Gasteiger partial charge < -0.3 is 0 Å². The summed E-state index contributed by atoms with van der Waals surface area (Å²) in [6.07, 6.45) is 8.78. The highest BCUT2D eigenvalue weighted by molar-refractivity contribution is 14.1. The highest BCUT2D eigenvalue weighted by atomic mass is 127. The number of hydrogen-bond donors (Lipinski definition) is 0. The number of aromatic nitrogens is 6. The maximum atomic E-state index is 4.24. The molecular formula is C8H5IN6. The molecule has 0 amide bonds. The van der Waals surface area contributed by atoms with E-state index in [0.717, 1.165) is 3.57 Å². The number of fused-ring (bicyclic) bond motifs is 1. The summed E-state index contributed by atoms with van der Waals surface area (Å²) in [6, 6.07) is 0. The molecule has 3 rings (SSSR count). The summed E-state index contributed by atoms with van der Waals surface area (Å²) in [4.78, 5) is 4.24. The Balaban J connectivity index is 2.30. The molecule has 0 N–H and O–H groups in total. The van der Waals surface area contributed by atoms with E-state index in [-0.39, 0.29) is 0 Å². The van der Waals surface area contributed by atoms with Crippen molar-refractivity contribution in [1.29, 1.82) is 0 Å². The standard InChI is InChI=1S/C8H5IN6/c9-6-3-12-15(4-6)7-8-13-11-5-14(8)2-1-10-7/h1-5H. The summed E-state index contributed by atoms with van der Waals surface area (Å²) in [5.74, 6) is 0.679. The van der Waals surface area contributed by atoms with Crippen molar-refractivity contribution in [2.45, 2.75) is 0 Å². The van der Waals surface area contributed by atoms with Gasteiger partial charge in [-0.05, 0) is 22.6 Å². The zero-order valence-electron chi connectivity index (χ0n) is 7.45. The van der Waals surface area contributed by atoms with Crippen LogP contribution in [0.1, 0.15) is 0 Å². The Bertz CT molecular complexity index is 612. The van der Waals surface area contributed by atoms with Gasteiger partial charge >= 0.3 is 0 Å². The highest BCUT2D eigenvalue weighted by Gasteiger charge is 2.07. The molecule has 15 heavy (non-hydrogen) atoms. The molecule has 0 aliphatic heterocycles. The molecule has 3 aromatic heterocycles. The van der Waals surface area contributed by atoms with Gasteiger partial charge in [-0.3, -0.25) is 4.40 Å². The van der Waals surface area contributed by atoms with Crippen molar-refractivity contribution in [3.8, 4) is 5.82 Å². The Kier molecular flexibility index (Phi) is 1.91. The highest BCUT2D eigenvalue weighted by Crippen LogP contribution is 2.11. The lowest BCUT2D eigenvalue weighted by atomic mass is 10.6. The topological polar surface area (TPSA) is 60.9 Å². The smallest absolute Gasteiger partial charge is 0.205 e. The summed E-state index contributed by atoms with van der Waals surface area (Å²) in [6.45, 7) is 0. The zero-order valence-corrected chi connectivity index (χ0v) is 9.61. The second-order valence-electron chi connectivity index (χ2n) is 2.92. The maximum absolute atomic E-state index is 4.24. The van der Waals surface area contributed by atoms with Crippen LogP contribution in [0, 0.1) is 3.57 Å². The van der Waals surface area contributed by atoms with Gasteiger partial charge in [-0.1, -0.05) is 0 Å². The largest absolute Gasteiger partial charge is 0.284 e. The lowest BCUT2D eigenvalue weighted by molar-refractivity contribution is 0.841. The van der Waals surface area contributed by atoms with Crippen molar-refractivity contribution < 1.29 is 0 Å². The van der Waals surface area contributed by atoms with Gasteiger partial charge in [0.1, 0.15) is 6.33 Å². The van der Waals surface area contributed by atoms with Crippen molar-refractivity contribution in [1.82, 2.24) is 29.4 Å². The lowest BCUT2D eigenvalue weighted by Crippen LogP contribution is -2.01. The fourth-order valence-electron chi connectivity index (χ4n) is 1.32. The maximum Gasteiger partial charge on any atom is 0.205 e. The molecule has 0 spiro atoms. The minimum atomic E-state index is 0.679. The van der Waals surface area contributed by atoms with E-state index in [9.17, 15) is 0 Å². The third-order valence-electron chi connectivity index (χ3n) is 1.97. The Labute approximate surface area is 98.1 Å². The van der Waals surface area contributed by atoms with Gasteiger partial charge in [0.25, 0.3) is 0 Å². The minimum absolute atomic E-state index is 0.679. The molecule has 6 nitrogen and oxygen atoms in total. The summed E-state index contributed by atoms with van der Waals surface area (Å²) in [5.41, 5.74) is 0.692. The van der Waals surface area contributed by atoms with Crippen LogP contribution in [0.5, 0.6) is 0 Å². The van der Waals surface area contributed by atoms with Crippen LogP contribution in [-0.2, 0) is 0 Å². The van der Waals surface area contributed by atoms with Crippen molar-refractivity contribution >= 4 is 28.2 Å². The van der Waals surface area contributed by atoms with Gasteiger partial charge in [0.05, 0.1) is 9.77 Å². The lowest BCUT2D eigenvalue weighted by Gasteiger charge is -2.00. The molecule has 0 aliphatic carbocycles. The fraction of sp³-hybridized carbons (Fsp3) is 0. The van der Waals surface area contributed by atoms with Crippen LogP contribution >= 0.6 is 22.6 Å². The predicted octanol–water partition coefficient (Wildman–Crippen LogP) is 0.915. The number of halogens is 1. The van der Waals surface area contributed by atoms with E-state index >= 15 is 0 Å². The summed E-state index contributed by atoms with van der Waals surface area (Å²) >= 11 is 2.20. The van der Waals surface area contributed by atoms with Crippen molar-refractivity contribution in [3.05, 3.63) is 34.7 Å². The van der Waals surface area contributed by atoms with Crippen LogP contribution in [0.4, 0.5) is 0 Å². The summed E-state index contributed by atoms with van der Waals surface area (Å²) in [5, 5.41) is 12.0. The normalized spacial score (nSPS) is 11.0. The van der Waals surface area contributed by atoms with Crippen LogP contribution < -0.4 is 0 Å². The average Bonchev–Trinajstić information content (AvgIpc) is 2.84. The molecule has 0 radical (unpaired) electrons. The zero-order chi connectivity index (χ0) is 10.3. The van der Waals surface area contributed by atoms with Gasteiger partial charge in [0.2, 0.25) is 5.65 Å². The molecular weight excluding hydrogens is 307 g/mol. The third-order valence-corrected chi connectivity index (χ3v) is 2.52. The number of rotatable bonds is 1. The number of hydrogen-bond acceptors (Lipinski definition) is 4. The Morgan fingerprint density at radius 2 is 2.27 bits per heavy atom. The van der Waals surface area contributed by atoms with E-state index in [0.29, 0.717) is 11.5 Å². The van der Waals surface area contributed by atoms with Gasteiger partial charge in [0.15, 0.2) is 5.82 Å². The van der Waals surface area contributed by atoms with Crippen molar-refractivity contribution in [2.24, 2.45) is 0 Å². The van der Waals surface area contributed by atoms with Gasteiger partial charge in [-0.25, -0.2) is 9.67 Å². The van der Waals surface area contributed by atoms with E-state index in [1.807, 2.05) is 6.20 Å². The first kappa shape index (κ1) is 8.77. The molecule has 0 aliphatic rings. The van der Waals surface area contributed by atoms with E-state index in [4.69, 9.17) is 0 Å². The molecule has 3 heterocycles. The SMILES string of the molecule is Ic1cnn(-c2nccn3cnnc23)c1. The molecule has 0 saturated heterocycles. The first-order chi connectivity index (χ1) is 7.34. The Morgan fingerprint density at radius 3 is 3.07 bits per heavy atom. The average molecular weight is 312 g/mol. The fourth-order valence-corrected chi connectivity index (χ4v) is 1.71. The van der Waals surface area contributed by atoms with Crippen LogP contribution in [0.3, 0.4) is 0 Å². The van der Waals surface area contributed by atoms with Gasteiger partial charge in [-0.2, -0.15) is 5.10 Å². The van der Waals surface area contributed by atoms with Crippen molar-refractivity contribution in [3.63, 3.8) is 0 Å². The van der Waals surface area contributed by atoms with Crippen LogP contribution in [0.25, 0.3) is 11.5 Å². The molecule has 7 heteroatoms. The Morgan fingerprint density at radius 1 is 1.33 bits per heavy atom. The second-order valence-corrected chi connectivity index (χ2v) is 4.16. The van der Waals surface area contributed by atoms with Crippen LogP contribution in [0.2, 0.25) is 0 Å². The third kappa shape index (κ3) is 1.39. The molecule has 0 unspecified atom stereocenters. The molecule has 0 saturated carbocycles. The monoisotopic (exact) mass is 312 g/mol. The minimum Gasteiger partial charge on any atom is -0.284 e. The van der Waals surface area contributed by atoms with Crippen molar-refractivity contribution in [2.75, 3.05) is 0 Å². The van der Waals surface area contributed by atoms with Gasteiger partial charge in [-0.15, -0.1) is 10.2 Å². The van der Waals surface area contributed by atoms with Crippen LogP contribution in [0.15, 0.2) is 31.1 Å². The molecule has 74 valence electrons. The van der Waals surface area contributed by atoms with E-state index < -0.39 is 0 Å². The van der Waals surface area contributed by atoms with Crippen LogP contribution in [-0.4, -0.2) is 29.4 Å². The second kappa shape index (κ2) is 3.26. The summed E-state index contributed by atoms with van der Waals surface area (Å²) < 4.78 is 4.54. The predicted molar refractivity (Wildman–Crippen MR) is 60.6 cm³/mol. The molecule has 0 aromatic carbocycles. The molecule has 3 aromatic rings. The van der Waals surface area contributed by atoms with E-state index in [1.165, 1.54) is 0 Å². The molecule has 0 fully saturated rings. The van der Waals surface area contributed by atoms with Gasteiger partial charge in [0, 0.05) is 18.6 Å². The first-order valence-electron chi connectivity index (χ1n) is 4.19. The molecule has 0 atom stereocenters. The summed E-state index contributed by atoms with van der Waals surface area (Å²) in [7, 11) is 0. The van der Waals surface area contributed by atoms with E-state index in [1.54, 1.807) is 34.0 Å². The quantitative estimate of drug-likeness (QED) is 0.627. The Hall–Kier alpha value is -1.51.